The first kappa shape index (κ1) is 14.3. The van der Waals surface area contributed by atoms with E-state index in [-0.39, 0.29) is 12.6 Å². The minimum absolute atomic E-state index is 0.0305. The Morgan fingerprint density at radius 2 is 2.27 bits per heavy atom. The van der Waals surface area contributed by atoms with Gasteiger partial charge in [0, 0.05) is 0 Å². The molecule has 114 valence electrons. The van der Waals surface area contributed by atoms with E-state index >= 15 is 0 Å². The Morgan fingerprint density at radius 1 is 1.45 bits per heavy atom. The van der Waals surface area contributed by atoms with E-state index in [1.165, 1.54) is 17.1 Å². The predicted octanol–water partition coefficient (Wildman–Crippen LogP) is -1.08. The summed E-state index contributed by atoms with van der Waals surface area (Å²) in [6, 6.07) is 0. The van der Waals surface area contributed by atoms with Gasteiger partial charge in [-0.15, -0.1) is 0 Å². The zero-order valence-electron chi connectivity index (χ0n) is 11.2. The summed E-state index contributed by atoms with van der Waals surface area (Å²) in [7, 11) is 2.06. The summed E-state index contributed by atoms with van der Waals surface area (Å²) in [5.41, 5.74) is 6.52. The van der Waals surface area contributed by atoms with Gasteiger partial charge in [-0.2, -0.15) is 14.0 Å². The summed E-state index contributed by atoms with van der Waals surface area (Å²) < 4.78 is 17.5. The maximum Gasteiger partial charge on any atom is 0.488 e. The molecule has 0 aromatic carbocycles. The number of rotatable bonds is 1. The summed E-state index contributed by atoms with van der Waals surface area (Å²) in [5, 5.41) is 10.4. The van der Waals surface area contributed by atoms with Crippen LogP contribution in [0, 0.1) is 0 Å². The first-order chi connectivity index (χ1) is 10.4. The van der Waals surface area contributed by atoms with Crippen molar-refractivity contribution in [2.45, 2.75) is 24.5 Å². The molecule has 2 aliphatic heterocycles. The number of anilines is 1. The second-order valence-corrected chi connectivity index (χ2v) is 6.67. The molecule has 4 N–H and O–H groups in total. The molecule has 0 saturated carbocycles. The zero-order chi connectivity index (χ0) is 15.5. The molecular weight excluding hydrogens is 312 g/mol. The van der Waals surface area contributed by atoms with E-state index in [1.54, 1.807) is 0 Å². The number of ether oxygens (including phenoxy) is 1. The van der Waals surface area contributed by atoms with E-state index in [0.717, 1.165) is 0 Å². The van der Waals surface area contributed by atoms with E-state index in [2.05, 4.69) is 15.0 Å². The van der Waals surface area contributed by atoms with Gasteiger partial charge in [0.05, 0.1) is 12.5 Å². The minimum atomic E-state index is -3.41. The molecule has 0 spiro atoms. The molecule has 1 unspecified atom stereocenters. The molecule has 4 heterocycles. The van der Waals surface area contributed by atoms with Crippen LogP contribution in [0.3, 0.4) is 0 Å². The highest BCUT2D eigenvalue weighted by Gasteiger charge is 2.56. The number of nitrogens with zero attached hydrogens (tertiary/aromatic N) is 4. The Kier molecular flexibility index (Phi) is 3.12. The highest BCUT2D eigenvalue weighted by Crippen LogP contribution is 2.58. The molecule has 2 aromatic heterocycles. The lowest BCUT2D eigenvalue weighted by atomic mass is 10.1. The molecule has 2 saturated heterocycles. The number of hydrogen-bond donors (Lipinski definition) is 3. The Balaban J connectivity index is 1.69. The van der Waals surface area contributed by atoms with Crippen LogP contribution in [0.5, 0.6) is 0 Å². The van der Waals surface area contributed by atoms with Crippen LogP contribution >= 0.6 is 7.82 Å². The van der Waals surface area contributed by atoms with Crippen LogP contribution in [0.2, 0.25) is 0 Å². The molecule has 4 rings (SSSR count). The molecule has 12 heteroatoms. The summed E-state index contributed by atoms with van der Waals surface area (Å²) in [4.78, 5) is 21.8. The zero-order valence-corrected chi connectivity index (χ0v) is 12.1. The number of hydrogen-bond acceptors (Lipinski definition) is 9. The molecule has 2 fully saturated rings. The maximum absolute atomic E-state index is 10.4. The maximum atomic E-state index is 10.4. The van der Waals surface area contributed by atoms with Crippen LogP contribution < -0.4 is 5.73 Å². The van der Waals surface area contributed by atoms with Crippen molar-refractivity contribution >= 4 is 32.5 Å². The highest BCUT2D eigenvalue weighted by atomic mass is 31.2. The van der Waals surface area contributed by atoms with Crippen LogP contribution in [-0.2, 0) is 13.8 Å². The van der Waals surface area contributed by atoms with Gasteiger partial charge < -0.3 is 15.6 Å². The van der Waals surface area contributed by atoms with Crippen LogP contribution in [0.25, 0.3) is 11.2 Å². The quantitative estimate of drug-likeness (QED) is 0.441. The molecule has 2 radical (unpaired) electrons. The van der Waals surface area contributed by atoms with Crippen molar-refractivity contribution in [3.8, 4) is 0 Å². The lowest BCUT2D eigenvalue weighted by Crippen LogP contribution is -2.40. The van der Waals surface area contributed by atoms with Crippen molar-refractivity contribution in [1.82, 2.24) is 19.5 Å². The molecule has 0 amide bonds. The molecular formula is C10H12BN5O5P+. The van der Waals surface area contributed by atoms with Gasteiger partial charge in [-0.25, -0.2) is 14.9 Å². The Hall–Kier alpha value is -1.36. The average Bonchev–Trinajstić information content (AvgIpc) is 3.00. The van der Waals surface area contributed by atoms with Gasteiger partial charge in [0.1, 0.15) is 24.3 Å². The van der Waals surface area contributed by atoms with E-state index in [4.69, 9.17) is 27.1 Å². The second-order valence-electron chi connectivity index (χ2n) is 5.07. The third-order valence-corrected chi connectivity index (χ3v) is 4.68. The SMILES string of the molecule is [B][P+]1(O)OC[C@H]2O[C@@H](n3cnc4cnc(N)nc43)[C@@H](O)[C@H]2O1. The van der Waals surface area contributed by atoms with E-state index in [1.807, 2.05) is 0 Å². The van der Waals surface area contributed by atoms with E-state index < -0.39 is 32.4 Å². The molecule has 5 atom stereocenters. The topological polar surface area (TPSA) is 138 Å². The second kappa shape index (κ2) is 4.82. The average molecular weight is 324 g/mol. The van der Waals surface area contributed by atoms with Crippen LogP contribution in [0.4, 0.5) is 5.95 Å². The van der Waals surface area contributed by atoms with Gasteiger partial charge in [-0.3, -0.25) is 4.57 Å². The predicted molar refractivity (Wildman–Crippen MR) is 75.4 cm³/mol. The van der Waals surface area contributed by atoms with Crippen LogP contribution in [0.1, 0.15) is 6.23 Å². The minimum Gasteiger partial charge on any atom is -0.385 e. The smallest absolute Gasteiger partial charge is 0.385 e. The number of aliphatic hydroxyl groups excluding tert-OH is 1. The number of imidazole rings is 1. The van der Waals surface area contributed by atoms with Crippen molar-refractivity contribution in [3.63, 3.8) is 0 Å². The fourth-order valence-corrected chi connectivity index (χ4v) is 3.66. The summed E-state index contributed by atoms with van der Waals surface area (Å²) >= 11 is 0. The van der Waals surface area contributed by atoms with Crippen LogP contribution in [0.15, 0.2) is 12.5 Å². The Bertz CT molecular complexity index is 729. The van der Waals surface area contributed by atoms with Gasteiger partial charge in [0.2, 0.25) is 5.95 Å². The fourth-order valence-electron chi connectivity index (χ4n) is 2.62. The first-order valence-electron chi connectivity index (χ1n) is 6.46. The lowest BCUT2D eigenvalue weighted by molar-refractivity contribution is -0.0603. The van der Waals surface area contributed by atoms with Crippen LogP contribution in [-0.4, -0.2) is 62.0 Å². The highest BCUT2D eigenvalue weighted by molar-refractivity contribution is 7.85. The van der Waals surface area contributed by atoms with Gasteiger partial charge in [0.15, 0.2) is 18.0 Å². The van der Waals surface area contributed by atoms with Crippen molar-refractivity contribution in [2.24, 2.45) is 0 Å². The molecule has 10 nitrogen and oxygen atoms in total. The van der Waals surface area contributed by atoms with Crippen molar-refractivity contribution in [1.29, 1.82) is 0 Å². The van der Waals surface area contributed by atoms with Gasteiger partial charge in [0.25, 0.3) is 0 Å². The molecule has 0 aliphatic carbocycles. The third kappa shape index (κ3) is 2.18. The largest absolute Gasteiger partial charge is 0.488 e. The van der Waals surface area contributed by atoms with Crippen molar-refractivity contribution in [2.75, 3.05) is 12.3 Å². The Morgan fingerprint density at radius 3 is 3.09 bits per heavy atom. The number of nitrogens with two attached hydrogens (primary N) is 1. The van der Waals surface area contributed by atoms with E-state index in [9.17, 15) is 10.00 Å². The normalized spacial score (nSPS) is 38.3. The number of fused-ring (bicyclic) bond motifs is 2. The van der Waals surface area contributed by atoms with Gasteiger partial charge in [-0.05, 0) is 0 Å². The molecule has 22 heavy (non-hydrogen) atoms. The van der Waals surface area contributed by atoms with Gasteiger partial charge >= 0.3 is 15.4 Å². The summed E-state index contributed by atoms with van der Waals surface area (Å²) in [5.74, 6) is 0.0843. The molecule has 2 aliphatic rings. The van der Waals surface area contributed by atoms with Crippen molar-refractivity contribution < 1.29 is 23.8 Å². The lowest BCUT2D eigenvalue weighted by Gasteiger charge is -2.27. The van der Waals surface area contributed by atoms with Gasteiger partial charge in [-0.1, -0.05) is 0 Å². The molecule has 2 aromatic rings. The fraction of sp³-hybridized carbons (Fsp3) is 0.500. The number of aromatic nitrogens is 4. The number of aliphatic hydroxyl groups is 1. The third-order valence-electron chi connectivity index (χ3n) is 3.61. The summed E-state index contributed by atoms with van der Waals surface area (Å²) in [6.07, 6.45) is -0.284. The monoisotopic (exact) mass is 324 g/mol. The van der Waals surface area contributed by atoms with Crippen molar-refractivity contribution in [3.05, 3.63) is 12.5 Å². The standard InChI is InChI=1S/C10H12BN5O5P/c11-22(18)19-2-5-7(21-22)6(17)9(20-5)16-3-14-4-1-13-10(12)15-8(4)16/h1,3,5-7,9,17-18H,2H2,(H2,12,13,15)/q+1/t5-,6+,7+,9-,22?/m1/s1. The first-order valence-corrected chi connectivity index (χ1v) is 8.11. The molecule has 0 bridgehead atoms. The summed E-state index contributed by atoms with van der Waals surface area (Å²) in [6.45, 7) is 0.0305. The Labute approximate surface area is 126 Å². The number of nitrogen functional groups attached to an aromatic ring is 1. The van der Waals surface area contributed by atoms with E-state index in [0.29, 0.717) is 11.2 Å².